The van der Waals surface area contributed by atoms with E-state index in [9.17, 15) is 27.9 Å². The number of alkyl halides is 3. The standard InChI is InChI=1S/C19H21F3N4O3/c1-13(26-16(18(28)29)5-6-23-26)17(27)25-9-7-24(8-10-25)12-14-3-2-4-15(11-14)19(20,21)22/h2-6,11,13H,7-10,12H2,1H3,(H,28,29). The van der Waals surface area contributed by atoms with Crippen LogP contribution in [0, 0.1) is 0 Å². The average Bonchev–Trinajstić information content (AvgIpc) is 3.17. The summed E-state index contributed by atoms with van der Waals surface area (Å²) < 4.78 is 39.7. The van der Waals surface area contributed by atoms with Gasteiger partial charge >= 0.3 is 12.1 Å². The van der Waals surface area contributed by atoms with E-state index in [-0.39, 0.29) is 11.6 Å². The number of carboxylic acids is 1. The first-order valence-electron chi connectivity index (χ1n) is 9.11. The highest BCUT2D eigenvalue weighted by Crippen LogP contribution is 2.29. The first kappa shape index (κ1) is 20.8. The Kier molecular flexibility index (Phi) is 5.92. The van der Waals surface area contributed by atoms with Gasteiger partial charge in [-0.25, -0.2) is 9.48 Å². The zero-order chi connectivity index (χ0) is 21.2. The second-order valence-electron chi connectivity index (χ2n) is 6.94. The van der Waals surface area contributed by atoms with Gasteiger partial charge < -0.3 is 10.0 Å². The second-order valence-corrected chi connectivity index (χ2v) is 6.94. The first-order valence-corrected chi connectivity index (χ1v) is 9.11. The summed E-state index contributed by atoms with van der Waals surface area (Å²) in [5.74, 6) is -1.40. The molecule has 156 valence electrons. The van der Waals surface area contributed by atoms with Crippen LogP contribution in [0.25, 0.3) is 0 Å². The lowest BCUT2D eigenvalue weighted by Crippen LogP contribution is -2.50. The normalized spacial score (nSPS) is 16.6. The van der Waals surface area contributed by atoms with Crippen LogP contribution in [0.3, 0.4) is 0 Å². The fourth-order valence-corrected chi connectivity index (χ4v) is 3.39. The number of carbonyl (C=O) groups is 2. The molecule has 2 aromatic rings. The lowest BCUT2D eigenvalue weighted by atomic mass is 10.1. The number of rotatable bonds is 5. The van der Waals surface area contributed by atoms with Crippen LogP contribution in [-0.4, -0.2) is 62.7 Å². The van der Waals surface area contributed by atoms with Gasteiger partial charge in [0.05, 0.1) is 5.56 Å². The smallest absolute Gasteiger partial charge is 0.416 e. The first-order chi connectivity index (χ1) is 13.7. The van der Waals surface area contributed by atoms with Crippen molar-refractivity contribution in [2.75, 3.05) is 26.2 Å². The molecule has 1 saturated heterocycles. The van der Waals surface area contributed by atoms with E-state index < -0.39 is 23.8 Å². The van der Waals surface area contributed by atoms with Crippen LogP contribution < -0.4 is 0 Å². The summed E-state index contributed by atoms with van der Waals surface area (Å²) in [6, 6.07) is 5.81. The highest BCUT2D eigenvalue weighted by atomic mass is 19.4. The molecule has 0 saturated carbocycles. The van der Waals surface area contributed by atoms with Crippen molar-refractivity contribution in [3.63, 3.8) is 0 Å². The molecule has 1 N–H and O–H groups in total. The molecule has 1 unspecified atom stereocenters. The fraction of sp³-hybridized carbons (Fsp3) is 0.421. The molecule has 1 atom stereocenters. The number of hydrogen-bond donors (Lipinski definition) is 1. The minimum Gasteiger partial charge on any atom is -0.477 e. The molecule has 2 heterocycles. The van der Waals surface area contributed by atoms with Gasteiger partial charge in [-0.1, -0.05) is 18.2 Å². The average molecular weight is 410 g/mol. The Morgan fingerprint density at radius 1 is 1.17 bits per heavy atom. The van der Waals surface area contributed by atoms with Crippen molar-refractivity contribution in [1.29, 1.82) is 0 Å². The van der Waals surface area contributed by atoms with E-state index in [1.54, 1.807) is 17.9 Å². The fourth-order valence-electron chi connectivity index (χ4n) is 3.39. The Hall–Kier alpha value is -2.88. The summed E-state index contributed by atoms with van der Waals surface area (Å²) in [7, 11) is 0. The molecule has 1 amide bonds. The van der Waals surface area contributed by atoms with Gasteiger partial charge in [-0.2, -0.15) is 18.3 Å². The lowest BCUT2D eigenvalue weighted by Gasteiger charge is -2.36. The van der Waals surface area contributed by atoms with E-state index >= 15 is 0 Å². The number of nitrogens with zero attached hydrogens (tertiary/aromatic N) is 4. The maximum Gasteiger partial charge on any atom is 0.416 e. The molecule has 1 aliphatic rings. The highest BCUT2D eigenvalue weighted by Gasteiger charge is 2.31. The van der Waals surface area contributed by atoms with Crippen LogP contribution in [0.15, 0.2) is 36.5 Å². The molecule has 29 heavy (non-hydrogen) atoms. The summed E-state index contributed by atoms with van der Waals surface area (Å²) in [6.07, 6.45) is -3.04. The Morgan fingerprint density at radius 3 is 2.48 bits per heavy atom. The van der Waals surface area contributed by atoms with E-state index in [0.29, 0.717) is 38.3 Å². The zero-order valence-electron chi connectivity index (χ0n) is 15.8. The lowest BCUT2D eigenvalue weighted by molar-refractivity contribution is -0.138. The minimum absolute atomic E-state index is 0.0611. The summed E-state index contributed by atoms with van der Waals surface area (Å²) in [6.45, 7) is 3.80. The number of halogens is 3. The van der Waals surface area contributed by atoms with Gasteiger partial charge in [0.25, 0.3) is 0 Å². The molecule has 3 rings (SSSR count). The molecule has 1 aromatic carbocycles. The molecule has 0 aliphatic carbocycles. The van der Waals surface area contributed by atoms with Crippen LogP contribution in [0.4, 0.5) is 13.2 Å². The Labute approximate surface area is 165 Å². The molecule has 10 heteroatoms. The highest BCUT2D eigenvalue weighted by molar-refractivity contribution is 5.87. The maximum absolute atomic E-state index is 12.9. The third kappa shape index (κ3) is 4.76. The van der Waals surface area contributed by atoms with E-state index in [2.05, 4.69) is 5.10 Å². The topological polar surface area (TPSA) is 78.7 Å². The summed E-state index contributed by atoms with van der Waals surface area (Å²) in [4.78, 5) is 27.6. The van der Waals surface area contributed by atoms with Gasteiger partial charge in [0, 0.05) is 38.9 Å². The monoisotopic (exact) mass is 410 g/mol. The SMILES string of the molecule is CC(C(=O)N1CCN(Cc2cccc(C(F)(F)F)c2)CC1)n1nccc1C(=O)O. The molecule has 0 bridgehead atoms. The molecule has 1 aromatic heterocycles. The van der Waals surface area contributed by atoms with Crippen LogP contribution >= 0.6 is 0 Å². The van der Waals surface area contributed by atoms with Gasteiger partial charge in [-0.15, -0.1) is 0 Å². The zero-order valence-corrected chi connectivity index (χ0v) is 15.8. The number of aromatic carboxylic acids is 1. The molecule has 1 fully saturated rings. The van der Waals surface area contributed by atoms with E-state index in [4.69, 9.17) is 0 Å². The molecule has 7 nitrogen and oxygen atoms in total. The summed E-state index contributed by atoms with van der Waals surface area (Å²) in [5.41, 5.74) is -0.171. The van der Waals surface area contributed by atoms with Crippen LogP contribution in [0.5, 0.6) is 0 Å². The number of piperazine rings is 1. The van der Waals surface area contributed by atoms with Crippen molar-refractivity contribution in [3.05, 3.63) is 53.3 Å². The Bertz CT molecular complexity index is 889. The van der Waals surface area contributed by atoms with Crippen molar-refractivity contribution in [2.24, 2.45) is 0 Å². The predicted octanol–water partition coefficient (Wildman–Crippen LogP) is 2.51. The van der Waals surface area contributed by atoms with Crippen LogP contribution in [0.1, 0.15) is 34.6 Å². The Morgan fingerprint density at radius 2 is 1.86 bits per heavy atom. The number of amides is 1. The van der Waals surface area contributed by atoms with Gasteiger partial charge in [-0.05, 0) is 24.6 Å². The number of benzene rings is 1. The van der Waals surface area contributed by atoms with Crippen LogP contribution in [-0.2, 0) is 17.5 Å². The summed E-state index contributed by atoms with van der Waals surface area (Å²) >= 11 is 0. The molecule has 0 radical (unpaired) electrons. The summed E-state index contributed by atoms with van der Waals surface area (Å²) in [5, 5.41) is 13.1. The van der Waals surface area contributed by atoms with Gasteiger partial charge in [-0.3, -0.25) is 9.69 Å². The number of aromatic nitrogens is 2. The largest absolute Gasteiger partial charge is 0.477 e. The van der Waals surface area contributed by atoms with Crippen molar-refractivity contribution >= 4 is 11.9 Å². The van der Waals surface area contributed by atoms with Gasteiger partial charge in [0.15, 0.2) is 0 Å². The third-order valence-electron chi connectivity index (χ3n) is 4.96. The number of hydrogen-bond acceptors (Lipinski definition) is 4. The molecule has 1 aliphatic heterocycles. The minimum atomic E-state index is -4.38. The van der Waals surface area contributed by atoms with E-state index in [0.717, 1.165) is 12.1 Å². The molecular weight excluding hydrogens is 389 g/mol. The number of carbonyl (C=O) groups excluding carboxylic acids is 1. The van der Waals surface area contributed by atoms with Crippen molar-refractivity contribution in [2.45, 2.75) is 25.7 Å². The predicted molar refractivity (Wildman–Crippen MR) is 97.2 cm³/mol. The van der Waals surface area contributed by atoms with Crippen molar-refractivity contribution in [3.8, 4) is 0 Å². The van der Waals surface area contributed by atoms with E-state index in [1.807, 2.05) is 4.90 Å². The van der Waals surface area contributed by atoms with Gasteiger partial charge in [0.1, 0.15) is 11.7 Å². The molecule has 0 spiro atoms. The Balaban J connectivity index is 1.58. The third-order valence-corrected chi connectivity index (χ3v) is 4.96. The number of carboxylic acid groups (broad SMARTS) is 1. The van der Waals surface area contributed by atoms with E-state index in [1.165, 1.54) is 23.0 Å². The maximum atomic E-state index is 12.9. The second kappa shape index (κ2) is 8.24. The molecular formula is C19H21F3N4O3. The van der Waals surface area contributed by atoms with Crippen molar-refractivity contribution in [1.82, 2.24) is 19.6 Å². The quantitative estimate of drug-likeness (QED) is 0.820. The van der Waals surface area contributed by atoms with Crippen molar-refractivity contribution < 1.29 is 27.9 Å². The van der Waals surface area contributed by atoms with Gasteiger partial charge in [0.2, 0.25) is 5.91 Å². The van der Waals surface area contributed by atoms with Crippen LogP contribution in [0.2, 0.25) is 0 Å².